The zero-order valence-corrected chi connectivity index (χ0v) is 9.99. The van der Waals surface area contributed by atoms with Gasteiger partial charge in [0.2, 0.25) is 0 Å². The Hall–Kier alpha value is -0.570. The molecular weight excluding hydrogens is 194 g/mol. The van der Waals surface area contributed by atoms with Gasteiger partial charge in [0.25, 0.3) is 0 Å². The molecule has 2 atom stereocenters. The topological polar surface area (TPSA) is 29.1 Å². The molecule has 80 valence electrons. The van der Waals surface area contributed by atoms with E-state index in [1.807, 2.05) is 20.8 Å². The highest BCUT2D eigenvalue weighted by atomic mass is 32.2. The van der Waals surface area contributed by atoms with Crippen LogP contribution < -0.4 is 4.72 Å². The quantitative estimate of drug-likeness (QED) is 0.658. The minimum atomic E-state index is -0.862. The fourth-order valence-corrected chi connectivity index (χ4v) is 2.64. The van der Waals surface area contributed by atoms with Crippen LogP contribution in [-0.2, 0) is 11.0 Å². The molecule has 14 heavy (non-hydrogen) atoms. The fourth-order valence-electron chi connectivity index (χ4n) is 1.66. The standard InChI is InChI=1S/C9H13NOS.C2H6/c1-7-6-8-4-2-3-5-9(8)10-12(7)11;1-2/h3,5,7,10H,2,4,6H2,1H3;1-2H3. The van der Waals surface area contributed by atoms with Crippen LogP contribution in [0.15, 0.2) is 23.4 Å². The molecule has 0 aromatic heterocycles. The fraction of sp³-hybridized carbons (Fsp3) is 0.636. The first-order chi connectivity index (χ1) is 6.77. The molecule has 3 heteroatoms. The van der Waals surface area contributed by atoms with E-state index in [0.29, 0.717) is 0 Å². The van der Waals surface area contributed by atoms with Crippen LogP contribution in [0.5, 0.6) is 0 Å². The van der Waals surface area contributed by atoms with E-state index in [0.717, 1.165) is 25.0 Å². The summed E-state index contributed by atoms with van der Waals surface area (Å²) in [5.74, 6) is 0. The van der Waals surface area contributed by atoms with Crippen molar-refractivity contribution in [3.63, 3.8) is 0 Å². The zero-order chi connectivity index (χ0) is 10.6. The number of hydrogen-bond acceptors (Lipinski definition) is 1. The maximum atomic E-state index is 11.4. The summed E-state index contributed by atoms with van der Waals surface area (Å²) in [6.45, 7) is 6.03. The average Bonchev–Trinajstić information content (AvgIpc) is 2.23. The van der Waals surface area contributed by atoms with E-state index in [4.69, 9.17) is 0 Å². The lowest BCUT2D eigenvalue weighted by molar-refractivity contribution is 0.654. The number of hydrogen-bond donors (Lipinski definition) is 1. The molecule has 1 aliphatic heterocycles. The molecule has 0 aromatic carbocycles. The molecule has 2 rings (SSSR count). The van der Waals surface area contributed by atoms with E-state index in [2.05, 4.69) is 16.9 Å². The third-order valence-electron chi connectivity index (χ3n) is 2.39. The summed E-state index contributed by atoms with van der Waals surface area (Å²) >= 11 is 0. The predicted molar refractivity (Wildman–Crippen MR) is 62.1 cm³/mol. The molecular formula is C11H19NOS. The van der Waals surface area contributed by atoms with Crippen molar-refractivity contribution in [3.8, 4) is 0 Å². The monoisotopic (exact) mass is 213 g/mol. The number of rotatable bonds is 0. The molecule has 2 unspecified atom stereocenters. The van der Waals surface area contributed by atoms with Gasteiger partial charge in [-0.05, 0) is 37.8 Å². The van der Waals surface area contributed by atoms with E-state index in [-0.39, 0.29) is 5.25 Å². The van der Waals surface area contributed by atoms with E-state index < -0.39 is 11.0 Å². The van der Waals surface area contributed by atoms with E-state index >= 15 is 0 Å². The Morgan fingerprint density at radius 3 is 2.93 bits per heavy atom. The Bertz CT molecular complexity index is 281. The SMILES string of the molecule is CC.CC1CC2=C(C=CCC2)NS1=O. The van der Waals surface area contributed by atoms with Gasteiger partial charge in [-0.2, -0.15) is 0 Å². The van der Waals surface area contributed by atoms with Gasteiger partial charge in [-0.1, -0.05) is 19.9 Å². The van der Waals surface area contributed by atoms with Crippen molar-refractivity contribution in [2.45, 2.75) is 45.3 Å². The molecule has 0 saturated carbocycles. The molecule has 0 aromatic rings. The van der Waals surface area contributed by atoms with Crippen molar-refractivity contribution in [2.24, 2.45) is 0 Å². The molecule has 1 N–H and O–H groups in total. The van der Waals surface area contributed by atoms with Crippen LogP contribution in [-0.4, -0.2) is 9.46 Å². The minimum absolute atomic E-state index is 0.273. The van der Waals surface area contributed by atoms with Gasteiger partial charge in [-0.25, -0.2) is 4.21 Å². The Morgan fingerprint density at radius 2 is 2.21 bits per heavy atom. The van der Waals surface area contributed by atoms with Gasteiger partial charge >= 0.3 is 0 Å². The van der Waals surface area contributed by atoms with Crippen LogP contribution >= 0.6 is 0 Å². The molecule has 1 aliphatic carbocycles. The number of allylic oxidation sites excluding steroid dienone is 3. The van der Waals surface area contributed by atoms with Crippen molar-refractivity contribution in [1.82, 2.24) is 4.72 Å². The Kier molecular flexibility index (Phi) is 4.39. The molecule has 0 saturated heterocycles. The molecule has 2 aliphatic rings. The highest BCUT2D eigenvalue weighted by molar-refractivity contribution is 7.83. The molecule has 2 nitrogen and oxygen atoms in total. The summed E-state index contributed by atoms with van der Waals surface area (Å²) in [4.78, 5) is 0. The van der Waals surface area contributed by atoms with Crippen LogP contribution in [0.4, 0.5) is 0 Å². The Morgan fingerprint density at radius 1 is 1.50 bits per heavy atom. The van der Waals surface area contributed by atoms with Gasteiger partial charge in [0, 0.05) is 5.70 Å². The largest absolute Gasteiger partial charge is 0.305 e. The van der Waals surface area contributed by atoms with E-state index in [9.17, 15) is 4.21 Å². The van der Waals surface area contributed by atoms with Gasteiger partial charge in [0.05, 0.1) is 5.25 Å². The second-order valence-corrected chi connectivity index (χ2v) is 4.98. The van der Waals surface area contributed by atoms with Crippen molar-refractivity contribution < 1.29 is 4.21 Å². The smallest absolute Gasteiger partial charge is 0.120 e. The molecule has 0 fully saturated rings. The van der Waals surface area contributed by atoms with Gasteiger partial charge in [0.15, 0.2) is 0 Å². The summed E-state index contributed by atoms with van der Waals surface area (Å²) < 4.78 is 14.4. The lowest BCUT2D eigenvalue weighted by Crippen LogP contribution is -2.32. The van der Waals surface area contributed by atoms with Crippen LogP contribution in [0.25, 0.3) is 0 Å². The summed E-state index contributed by atoms with van der Waals surface area (Å²) in [5, 5.41) is 0.273. The third kappa shape index (κ3) is 2.47. The van der Waals surface area contributed by atoms with Crippen molar-refractivity contribution >= 4 is 11.0 Å². The summed E-state index contributed by atoms with van der Waals surface area (Å²) in [5.41, 5.74) is 2.56. The van der Waals surface area contributed by atoms with Crippen LogP contribution in [0.3, 0.4) is 0 Å². The first-order valence-corrected chi connectivity index (χ1v) is 6.54. The van der Waals surface area contributed by atoms with Gasteiger partial charge in [0.1, 0.15) is 11.0 Å². The molecule has 0 bridgehead atoms. The van der Waals surface area contributed by atoms with Gasteiger partial charge in [-0.3, -0.25) is 0 Å². The van der Waals surface area contributed by atoms with Gasteiger partial charge < -0.3 is 4.72 Å². The molecule has 0 amide bonds. The first-order valence-electron chi connectivity index (χ1n) is 5.33. The maximum absolute atomic E-state index is 11.4. The van der Waals surface area contributed by atoms with E-state index in [1.54, 1.807) is 0 Å². The van der Waals surface area contributed by atoms with Crippen molar-refractivity contribution in [2.75, 3.05) is 0 Å². The zero-order valence-electron chi connectivity index (χ0n) is 9.17. The normalized spacial score (nSPS) is 29.9. The van der Waals surface area contributed by atoms with E-state index in [1.165, 1.54) is 5.57 Å². The van der Waals surface area contributed by atoms with Crippen LogP contribution in [0, 0.1) is 0 Å². The Balaban J connectivity index is 0.000000461. The summed E-state index contributed by atoms with van der Waals surface area (Å²) in [6, 6.07) is 0. The van der Waals surface area contributed by atoms with Crippen molar-refractivity contribution in [3.05, 3.63) is 23.4 Å². The van der Waals surface area contributed by atoms with Crippen LogP contribution in [0.1, 0.15) is 40.0 Å². The molecule has 0 spiro atoms. The maximum Gasteiger partial charge on any atom is 0.120 e. The summed E-state index contributed by atoms with van der Waals surface area (Å²) in [7, 11) is -0.862. The molecule has 1 heterocycles. The highest BCUT2D eigenvalue weighted by Gasteiger charge is 2.22. The first kappa shape index (κ1) is 11.5. The average molecular weight is 213 g/mol. The van der Waals surface area contributed by atoms with Gasteiger partial charge in [-0.15, -0.1) is 0 Å². The second-order valence-electron chi connectivity index (χ2n) is 3.37. The highest BCUT2D eigenvalue weighted by Crippen LogP contribution is 2.26. The lowest BCUT2D eigenvalue weighted by atomic mass is 9.98. The third-order valence-corrected chi connectivity index (χ3v) is 3.71. The second kappa shape index (κ2) is 5.35. The minimum Gasteiger partial charge on any atom is -0.305 e. The number of nitrogens with one attached hydrogen (secondary N) is 1. The summed E-state index contributed by atoms with van der Waals surface area (Å²) in [6.07, 6.45) is 7.47. The predicted octanol–water partition coefficient (Wildman–Crippen LogP) is 2.66. The van der Waals surface area contributed by atoms with Crippen molar-refractivity contribution in [1.29, 1.82) is 0 Å². The molecule has 0 radical (unpaired) electrons. The Labute approximate surface area is 89.1 Å². The lowest BCUT2D eigenvalue weighted by Gasteiger charge is -2.26. The van der Waals surface area contributed by atoms with Crippen LogP contribution in [0.2, 0.25) is 0 Å².